The van der Waals surface area contributed by atoms with E-state index in [-0.39, 0.29) is 11.2 Å². The summed E-state index contributed by atoms with van der Waals surface area (Å²) in [6.07, 6.45) is 0. The first-order valence-corrected chi connectivity index (χ1v) is 26.5. The molecule has 0 amide bonds. The first kappa shape index (κ1) is 46.7. The Labute approximate surface area is 453 Å². The molecule has 0 saturated carbocycles. The Bertz CT molecular complexity index is 4810. The Morgan fingerprint density at radius 2 is 0.608 bits per heavy atom. The summed E-state index contributed by atoms with van der Waals surface area (Å²) in [7, 11) is -0.399. The Balaban J connectivity index is 0.000000158. The molecule has 10 heteroatoms. The minimum absolute atomic E-state index is 0.370. The average Bonchev–Trinajstić information content (AvgIpc) is 4.41. The van der Waals surface area contributed by atoms with Crippen LogP contribution in [-0.4, -0.2) is 33.3 Å². The average molecular weight is 1030 g/mol. The van der Waals surface area contributed by atoms with E-state index in [1.807, 2.05) is 109 Å². The van der Waals surface area contributed by atoms with Crippen LogP contribution in [0.5, 0.6) is 0 Å². The molecule has 0 radical (unpaired) electrons. The van der Waals surface area contributed by atoms with Crippen LogP contribution >= 0.6 is 0 Å². The largest absolute Gasteiger partial charge is 0.494 e. The fraction of sp³-hybridized carbons (Fsp3) is 0.0870. The van der Waals surface area contributed by atoms with Crippen molar-refractivity contribution >= 4 is 100 Å². The van der Waals surface area contributed by atoms with E-state index >= 15 is 0 Å². The summed E-state index contributed by atoms with van der Waals surface area (Å²) in [5.74, 6) is 1.92. The van der Waals surface area contributed by atoms with Crippen molar-refractivity contribution in [2.24, 2.45) is 0 Å². The number of benzene rings is 10. The predicted octanol–water partition coefficient (Wildman–Crippen LogP) is 17.8. The van der Waals surface area contributed by atoms with E-state index in [1.54, 1.807) is 0 Å². The van der Waals surface area contributed by atoms with Gasteiger partial charge in [0.15, 0.2) is 17.5 Å². The fourth-order valence-electron chi connectivity index (χ4n) is 11.0. The van der Waals surface area contributed by atoms with Gasteiger partial charge in [0.05, 0.1) is 11.2 Å². The monoisotopic (exact) mass is 1030 g/mol. The number of furan rings is 4. The molecule has 0 unspecified atom stereocenters. The Morgan fingerprint density at radius 1 is 0.266 bits per heavy atom. The molecule has 5 aromatic heterocycles. The van der Waals surface area contributed by atoms with Gasteiger partial charge in [0.2, 0.25) is 0 Å². The van der Waals surface area contributed by atoms with Crippen LogP contribution in [0.15, 0.2) is 236 Å². The van der Waals surface area contributed by atoms with Crippen LogP contribution in [0.1, 0.15) is 27.7 Å². The Hall–Kier alpha value is -9.61. The highest BCUT2D eigenvalue weighted by atomic mass is 16.7. The van der Waals surface area contributed by atoms with Crippen LogP contribution in [-0.2, 0) is 9.31 Å². The normalized spacial score (nSPS) is 14.2. The number of para-hydroxylation sites is 2. The van der Waals surface area contributed by atoms with Crippen LogP contribution in [0, 0.1) is 0 Å². The van der Waals surface area contributed by atoms with Crippen LogP contribution in [0.4, 0.5) is 0 Å². The summed E-state index contributed by atoms with van der Waals surface area (Å²) in [5, 5.41) is 8.49. The van der Waals surface area contributed by atoms with E-state index in [4.69, 9.17) is 41.9 Å². The van der Waals surface area contributed by atoms with Crippen molar-refractivity contribution < 1.29 is 27.0 Å². The summed E-state index contributed by atoms with van der Waals surface area (Å²) in [5.41, 5.74) is 14.4. The molecule has 1 aliphatic heterocycles. The van der Waals surface area contributed by atoms with Gasteiger partial charge in [0.1, 0.15) is 44.7 Å². The zero-order valence-corrected chi connectivity index (χ0v) is 43.7. The number of nitrogens with zero attached hydrogens (tertiary/aromatic N) is 3. The smallest absolute Gasteiger partial charge is 0.456 e. The first-order valence-electron chi connectivity index (χ1n) is 26.5. The molecule has 15 aromatic rings. The quantitative estimate of drug-likeness (QED) is 0.150. The lowest BCUT2D eigenvalue weighted by Crippen LogP contribution is -2.41. The van der Waals surface area contributed by atoms with Gasteiger partial charge in [0, 0.05) is 59.8 Å². The van der Waals surface area contributed by atoms with Crippen molar-refractivity contribution in [2.45, 2.75) is 38.9 Å². The van der Waals surface area contributed by atoms with Gasteiger partial charge in [-0.25, -0.2) is 15.0 Å². The minimum atomic E-state index is -0.399. The molecule has 0 atom stereocenters. The number of hydrogen-bond acceptors (Lipinski definition) is 9. The molecule has 16 rings (SSSR count). The standard InChI is InChI=1S/C45H27N3O2.C24H21BO4/c1-3-11-28(12-4-1)43-46-44(29-13-5-2-6-14-29)48-45(47-43)34-18-10-17-32(24-34)30-15-9-16-31(23-30)33-21-22-40-36(25-33)38-27-41-37(26-42(38)50-40)35-19-7-8-20-39(35)49-41;1-23(2)24(3,4)29-25(28-23)14-9-10-20-16(11-14)18-13-21-17(12-22(18)27-20)15-7-5-6-8-19(15)26-21/h1-27H;5-13H,1-4H3. The maximum atomic E-state index is 6.33. The number of hydrogen-bond donors (Lipinski definition) is 0. The topological polar surface area (TPSA) is 110 Å². The molecule has 378 valence electrons. The van der Waals surface area contributed by atoms with E-state index in [2.05, 4.69) is 137 Å². The van der Waals surface area contributed by atoms with Crippen LogP contribution in [0.2, 0.25) is 0 Å². The van der Waals surface area contributed by atoms with E-state index < -0.39 is 7.12 Å². The molecule has 6 heterocycles. The second-order valence-electron chi connectivity index (χ2n) is 21.3. The molecule has 1 fully saturated rings. The van der Waals surface area contributed by atoms with Gasteiger partial charge >= 0.3 is 7.12 Å². The molecule has 9 nitrogen and oxygen atoms in total. The van der Waals surface area contributed by atoms with E-state index in [0.717, 1.165) is 132 Å². The zero-order valence-electron chi connectivity index (χ0n) is 43.7. The third kappa shape index (κ3) is 8.06. The highest BCUT2D eigenvalue weighted by Crippen LogP contribution is 2.41. The zero-order chi connectivity index (χ0) is 53.0. The molecule has 0 aliphatic carbocycles. The van der Waals surface area contributed by atoms with E-state index in [9.17, 15) is 0 Å². The van der Waals surface area contributed by atoms with Crippen LogP contribution < -0.4 is 5.46 Å². The van der Waals surface area contributed by atoms with E-state index in [1.165, 1.54) is 0 Å². The van der Waals surface area contributed by atoms with Crippen molar-refractivity contribution in [3.63, 3.8) is 0 Å². The summed E-state index contributed by atoms with van der Waals surface area (Å²) >= 11 is 0. The maximum absolute atomic E-state index is 6.33. The third-order valence-electron chi connectivity index (χ3n) is 15.8. The lowest BCUT2D eigenvalue weighted by molar-refractivity contribution is 0.00578. The first-order chi connectivity index (χ1) is 38.6. The van der Waals surface area contributed by atoms with Crippen LogP contribution in [0.25, 0.3) is 144 Å². The molecule has 10 aromatic carbocycles. The lowest BCUT2D eigenvalue weighted by Gasteiger charge is -2.32. The maximum Gasteiger partial charge on any atom is 0.494 e. The van der Waals surface area contributed by atoms with Gasteiger partial charge in [-0.05, 0) is 122 Å². The minimum Gasteiger partial charge on any atom is -0.456 e. The number of fused-ring (bicyclic) bond motifs is 12. The molecule has 0 N–H and O–H groups in total. The molecular weight excluding hydrogens is 978 g/mol. The Morgan fingerprint density at radius 3 is 1.10 bits per heavy atom. The molecule has 1 saturated heterocycles. The summed E-state index contributed by atoms with van der Waals surface area (Å²) in [6, 6.07) is 74.2. The van der Waals surface area contributed by atoms with Gasteiger partial charge < -0.3 is 27.0 Å². The van der Waals surface area contributed by atoms with Crippen molar-refractivity contribution in [3.05, 3.63) is 218 Å². The van der Waals surface area contributed by atoms with E-state index in [0.29, 0.717) is 17.5 Å². The highest BCUT2D eigenvalue weighted by Gasteiger charge is 2.51. The van der Waals surface area contributed by atoms with Gasteiger partial charge in [-0.1, -0.05) is 152 Å². The second-order valence-corrected chi connectivity index (χ2v) is 21.3. The van der Waals surface area contributed by atoms with Crippen molar-refractivity contribution in [3.8, 4) is 56.4 Å². The van der Waals surface area contributed by atoms with Crippen molar-refractivity contribution in [1.29, 1.82) is 0 Å². The molecule has 0 bridgehead atoms. The number of aromatic nitrogens is 3. The third-order valence-corrected chi connectivity index (χ3v) is 15.8. The molecule has 79 heavy (non-hydrogen) atoms. The number of rotatable bonds is 6. The van der Waals surface area contributed by atoms with Gasteiger partial charge in [-0.2, -0.15) is 0 Å². The van der Waals surface area contributed by atoms with Crippen molar-refractivity contribution in [2.75, 3.05) is 0 Å². The molecular formula is C69H48BN3O6. The molecule has 1 aliphatic rings. The summed E-state index contributed by atoms with van der Waals surface area (Å²) in [4.78, 5) is 14.7. The highest BCUT2D eigenvalue weighted by molar-refractivity contribution is 6.62. The summed E-state index contributed by atoms with van der Waals surface area (Å²) < 4.78 is 37.2. The summed E-state index contributed by atoms with van der Waals surface area (Å²) in [6.45, 7) is 8.27. The van der Waals surface area contributed by atoms with Gasteiger partial charge in [-0.15, -0.1) is 0 Å². The second kappa shape index (κ2) is 18.0. The Kier molecular flexibility index (Phi) is 10.6. The fourth-order valence-corrected chi connectivity index (χ4v) is 11.0. The van der Waals surface area contributed by atoms with Gasteiger partial charge in [0.25, 0.3) is 0 Å². The molecule has 0 spiro atoms. The lowest BCUT2D eigenvalue weighted by atomic mass is 9.78. The van der Waals surface area contributed by atoms with Crippen molar-refractivity contribution in [1.82, 2.24) is 15.0 Å². The van der Waals surface area contributed by atoms with Gasteiger partial charge in [-0.3, -0.25) is 0 Å². The van der Waals surface area contributed by atoms with Crippen LogP contribution in [0.3, 0.4) is 0 Å². The predicted molar refractivity (Wildman–Crippen MR) is 318 cm³/mol. The SMILES string of the molecule is CC1(C)OB(c2ccc3oc4cc5c(cc4c3c2)oc2ccccc25)OC1(C)C.c1ccc(-c2nc(-c3ccccc3)nc(-c3cccc(-c4cccc(-c5ccc6oc7cc8c(cc7c6c5)oc5ccccc58)c4)c3)n2)cc1.